The number of nitrogens with zero attached hydrogens (tertiary/aromatic N) is 1. The Morgan fingerprint density at radius 3 is 2.64 bits per heavy atom. The minimum Gasteiger partial charge on any atom is -0.365 e. The summed E-state index contributed by atoms with van der Waals surface area (Å²) < 4.78 is 9.58. The van der Waals surface area contributed by atoms with Crippen LogP contribution in [0.5, 0.6) is 0 Å². The van der Waals surface area contributed by atoms with E-state index in [1.54, 1.807) is 14.2 Å². The van der Waals surface area contributed by atoms with Crippen molar-refractivity contribution in [3.8, 4) is 0 Å². The van der Waals surface area contributed by atoms with Gasteiger partial charge in [-0.05, 0) is 6.26 Å². The van der Waals surface area contributed by atoms with Crippen molar-refractivity contribution in [2.24, 2.45) is 4.99 Å². The number of thioether (sulfide) groups is 1. The highest BCUT2D eigenvalue weighted by molar-refractivity contribution is 8.13. The van der Waals surface area contributed by atoms with Gasteiger partial charge < -0.3 is 14.8 Å². The van der Waals surface area contributed by atoms with Crippen molar-refractivity contribution in [2.75, 3.05) is 33.9 Å². The van der Waals surface area contributed by atoms with E-state index in [9.17, 15) is 0 Å². The van der Waals surface area contributed by atoms with Gasteiger partial charge in [0.25, 0.3) is 0 Å². The predicted molar refractivity (Wildman–Crippen MR) is 47.8 cm³/mol. The summed E-state index contributed by atoms with van der Waals surface area (Å²) >= 11 is 1.53. The average Bonchev–Trinajstić information content (AvgIpc) is 2.05. The van der Waals surface area contributed by atoms with Crippen molar-refractivity contribution in [2.45, 2.75) is 0 Å². The fourth-order valence-electron chi connectivity index (χ4n) is 0.450. The molecule has 0 aliphatic heterocycles. The van der Waals surface area contributed by atoms with Crippen LogP contribution < -0.4 is 5.32 Å². The van der Waals surface area contributed by atoms with E-state index in [1.807, 2.05) is 6.26 Å². The Hall–Kier alpha value is -0.260. The van der Waals surface area contributed by atoms with Crippen molar-refractivity contribution < 1.29 is 9.47 Å². The van der Waals surface area contributed by atoms with Crippen molar-refractivity contribution in [1.29, 1.82) is 0 Å². The first-order chi connectivity index (χ1) is 5.35. The summed E-state index contributed by atoms with van der Waals surface area (Å²) in [6.07, 6.45) is 1.94. The molecule has 0 amide bonds. The average molecular weight is 178 g/mol. The quantitative estimate of drug-likeness (QED) is 0.387. The molecule has 0 aliphatic rings. The molecule has 66 valence electrons. The summed E-state index contributed by atoms with van der Waals surface area (Å²) in [6, 6.07) is 0. The molecular formula is C6H14N2O2S. The van der Waals surface area contributed by atoms with Crippen molar-refractivity contribution in [3.63, 3.8) is 0 Å². The van der Waals surface area contributed by atoms with E-state index in [2.05, 4.69) is 10.3 Å². The molecule has 11 heavy (non-hydrogen) atoms. The minimum atomic E-state index is 0.382. The van der Waals surface area contributed by atoms with Crippen LogP contribution >= 0.6 is 11.8 Å². The number of nitrogens with one attached hydrogen (secondary N) is 1. The van der Waals surface area contributed by atoms with Crippen LogP contribution in [-0.4, -0.2) is 39.1 Å². The molecule has 0 fully saturated rings. The van der Waals surface area contributed by atoms with Crippen LogP contribution in [0.4, 0.5) is 0 Å². The van der Waals surface area contributed by atoms with Crippen LogP contribution in [0.15, 0.2) is 4.99 Å². The van der Waals surface area contributed by atoms with Gasteiger partial charge in [0, 0.05) is 14.2 Å². The molecule has 5 heteroatoms. The molecule has 0 spiro atoms. The van der Waals surface area contributed by atoms with Gasteiger partial charge in [0.15, 0.2) is 5.17 Å². The second-order valence-corrected chi connectivity index (χ2v) is 2.49. The molecule has 0 aromatic heterocycles. The third kappa shape index (κ3) is 6.15. The molecule has 0 heterocycles. The Kier molecular flexibility index (Phi) is 7.66. The number of methoxy groups -OCH3 is 2. The third-order valence-corrected chi connectivity index (χ3v) is 1.56. The van der Waals surface area contributed by atoms with E-state index < -0.39 is 0 Å². The maximum Gasteiger partial charge on any atom is 0.160 e. The van der Waals surface area contributed by atoms with E-state index in [-0.39, 0.29) is 0 Å². The van der Waals surface area contributed by atoms with E-state index in [0.29, 0.717) is 13.5 Å². The highest BCUT2D eigenvalue weighted by atomic mass is 32.2. The lowest BCUT2D eigenvalue weighted by atomic mass is 11.0. The maximum absolute atomic E-state index is 4.81. The van der Waals surface area contributed by atoms with E-state index in [1.165, 1.54) is 11.8 Å². The molecule has 1 N–H and O–H groups in total. The number of aliphatic imine (C=N–C) groups is 1. The first kappa shape index (κ1) is 10.7. The van der Waals surface area contributed by atoms with Crippen LogP contribution in [0, 0.1) is 0 Å². The maximum atomic E-state index is 4.81. The Morgan fingerprint density at radius 1 is 1.45 bits per heavy atom. The molecule has 0 saturated heterocycles. The lowest BCUT2D eigenvalue weighted by Crippen LogP contribution is -2.22. The monoisotopic (exact) mass is 178 g/mol. The highest BCUT2D eigenvalue weighted by Gasteiger charge is 1.92. The Bertz CT molecular complexity index is 119. The van der Waals surface area contributed by atoms with Gasteiger partial charge in [-0.2, -0.15) is 0 Å². The molecule has 0 saturated carbocycles. The van der Waals surface area contributed by atoms with Gasteiger partial charge in [-0.1, -0.05) is 11.8 Å². The topological polar surface area (TPSA) is 42.8 Å². The molecule has 0 bridgehead atoms. The second-order valence-electron chi connectivity index (χ2n) is 1.69. The molecule has 0 aromatic carbocycles. The fraction of sp³-hybridized carbons (Fsp3) is 0.833. The molecule has 0 aliphatic carbocycles. The Morgan fingerprint density at radius 2 is 2.18 bits per heavy atom. The molecule has 4 nitrogen and oxygen atoms in total. The van der Waals surface area contributed by atoms with Crippen LogP contribution in [0.25, 0.3) is 0 Å². The van der Waals surface area contributed by atoms with Gasteiger partial charge in [0.05, 0.1) is 0 Å². The Balaban J connectivity index is 3.55. The summed E-state index contributed by atoms with van der Waals surface area (Å²) in [4.78, 5) is 4.06. The van der Waals surface area contributed by atoms with E-state index in [0.717, 1.165) is 5.17 Å². The van der Waals surface area contributed by atoms with Crippen molar-refractivity contribution >= 4 is 16.9 Å². The summed E-state index contributed by atoms with van der Waals surface area (Å²) in [6.45, 7) is 0.857. The Labute approximate surface area is 71.4 Å². The van der Waals surface area contributed by atoms with Crippen LogP contribution in [0.2, 0.25) is 0 Å². The molecule has 0 rings (SSSR count). The van der Waals surface area contributed by atoms with E-state index >= 15 is 0 Å². The van der Waals surface area contributed by atoms with Crippen LogP contribution in [0.3, 0.4) is 0 Å². The van der Waals surface area contributed by atoms with Gasteiger partial charge >= 0.3 is 0 Å². The second kappa shape index (κ2) is 7.84. The lowest BCUT2D eigenvalue weighted by Gasteiger charge is -2.04. The number of rotatable bonds is 4. The molecule has 0 radical (unpaired) electrons. The smallest absolute Gasteiger partial charge is 0.160 e. The number of ether oxygens (including phenoxy) is 2. The number of hydrogen-bond acceptors (Lipinski definition) is 4. The van der Waals surface area contributed by atoms with Gasteiger partial charge in [-0.15, -0.1) is 0 Å². The summed E-state index contributed by atoms with van der Waals surface area (Å²) in [5.74, 6) is 0. The zero-order chi connectivity index (χ0) is 8.53. The lowest BCUT2D eigenvalue weighted by molar-refractivity contribution is 0.190. The molecule has 0 unspecified atom stereocenters. The SMILES string of the molecule is COCN=C(NCOC)SC. The zero-order valence-corrected chi connectivity index (χ0v) is 7.90. The molecular weight excluding hydrogens is 164 g/mol. The van der Waals surface area contributed by atoms with E-state index in [4.69, 9.17) is 9.47 Å². The van der Waals surface area contributed by atoms with Gasteiger partial charge in [-0.3, -0.25) is 0 Å². The minimum absolute atomic E-state index is 0.382. The normalized spacial score (nSPS) is 11.7. The van der Waals surface area contributed by atoms with Gasteiger partial charge in [-0.25, -0.2) is 4.99 Å². The van der Waals surface area contributed by atoms with Gasteiger partial charge in [0.2, 0.25) is 0 Å². The highest BCUT2D eigenvalue weighted by Crippen LogP contribution is 1.93. The fourth-order valence-corrected chi connectivity index (χ4v) is 0.835. The number of amidine groups is 1. The summed E-state index contributed by atoms with van der Waals surface area (Å²) in [7, 11) is 3.24. The summed E-state index contributed by atoms with van der Waals surface area (Å²) in [5, 5.41) is 3.79. The first-order valence-corrected chi connectivity index (χ1v) is 4.37. The number of hydrogen-bond donors (Lipinski definition) is 1. The zero-order valence-electron chi connectivity index (χ0n) is 7.09. The largest absolute Gasteiger partial charge is 0.365 e. The van der Waals surface area contributed by atoms with Gasteiger partial charge in [0.1, 0.15) is 13.5 Å². The third-order valence-electron chi connectivity index (χ3n) is 0.898. The summed E-state index contributed by atoms with van der Waals surface area (Å²) in [5.41, 5.74) is 0. The van der Waals surface area contributed by atoms with Crippen LogP contribution in [0.1, 0.15) is 0 Å². The van der Waals surface area contributed by atoms with Crippen LogP contribution in [-0.2, 0) is 9.47 Å². The first-order valence-electron chi connectivity index (χ1n) is 3.15. The predicted octanol–water partition coefficient (Wildman–Crippen LogP) is 0.503. The molecule has 0 atom stereocenters. The molecule has 0 aromatic rings. The standard InChI is InChI=1S/C6H14N2O2S/c1-9-4-7-6(11-3)8-5-10-2/h4-5H2,1-3H3,(H,7,8). The van der Waals surface area contributed by atoms with Crippen molar-refractivity contribution in [1.82, 2.24) is 5.32 Å². The van der Waals surface area contributed by atoms with Crippen molar-refractivity contribution in [3.05, 3.63) is 0 Å².